The molecule has 4 heteroatoms. The van der Waals surface area contributed by atoms with Crippen LogP contribution in [0.15, 0.2) is 0 Å². The van der Waals surface area contributed by atoms with Crippen molar-refractivity contribution in [2.45, 2.75) is 43.7 Å². The first-order valence-corrected chi connectivity index (χ1v) is 4.70. The Morgan fingerprint density at radius 3 is 2.54 bits per heavy atom. The van der Waals surface area contributed by atoms with Crippen LogP contribution in [0.25, 0.3) is 0 Å². The van der Waals surface area contributed by atoms with Gasteiger partial charge in [0.25, 0.3) is 0 Å². The number of ether oxygens (including phenoxy) is 1. The molecule has 1 aliphatic carbocycles. The summed E-state index contributed by atoms with van der Waals surface area (Å²) in [6.45, 7) is 0. The van der Waals surface area contributed by atoms with E-state index in [4.69, 9.17) is 16.2 Å². The van der Waals surface area contributed by atoms with Crippen LogP contribution in [0.1, 0.15) is 32.1 Å². The van der Waals surface area contributed by atoms with Gasteiger partial charge in [-0.1, -0.05) is 0 Å². The molecular weight excluding hydrogens is 168 g/mol. The van der Waals surface area contributed by atoms with Crippen molar-refractivity contribution in [3.8, 4) is 0 Å². The molecule has 4 N–H and O–H groups in total. The molecule has 0 aromatic carbocycles. The molecule has 76 valence electrons. The van der Waals surface area contributed by atoms with Crippen molar-refractivity contribution >= 4 is 5.91 Å². The largest absolute Gasteiger partial charge is 0.378 e. The minimum absolute atomic E-state index is 0.00687. The van der Waals surface area contributed by atoms with E-state index in [1.807, 2.05) is 0 Å². The zero-order chi connectivity index (χ0) is 9.90. The lowest BCUT2D eigenvalue weighted by Crippen LogP contribution is -2.43. The van der Waals surface area contributed by atoms with Crippen molar-refractivity contribution in [1.82, 2.24) is 0 Å². The molecule has 1 amide bonds. The van der Waals surface area contributed by atoms with Gasteiger partial charge in [-0.2, -0.15) is 0 Å². The molecule has 0 bridgehead atoms. The smallest absolute Gasteiger partial charge is 0.234 e. The fourth-order valence-electron chi connectivity index (χ4n) is 1.69. The van der Waals surface area contributed by atoms with Crippen molar-refractivity contribution in [1.29, 1.82) is 0 Å². The van der Waals surface area contributed by atoms with Crippen molar-refractivity contribution < 1.29 is 9.53 Å². The zero-order valence-electron chi connectivity index (χ0n) is 8.08. The maximum Gasteiger partial charge on any atom is 0.234 e. The average Bonchev–Trinajstić information content (AvgIpc) is 2.02. The molecule has 1 aliphatic rings. The molecule has 0 saturated heterocycles. The Morgan fingerprint density at radius 2 is 2.23 bits per heavy atom. The maximum atomic E-state index is 10.7. The molecule has 1 rings (SSSR count). The standard InChI is InChI=1S/C9H18N2O2/c1-13-9(4-2-5-9)6-3-7(10)8(11)12/h7H,2-6,10H2,1H3,(H2,11,12). The lowest BCUT2D eigenvalue weighted by atomic mass is 9.76. The van der Waals surface area contributed by atoms with E-state index in [1.54, 1.807) is 7.11 Å². The Balaban J connectivity index is 2.28. The molecule has 1 saturated carbocycles. The highest BCUT2D eigenvalue weighted by Crippen LogP contribution is 2.38. The van der Waals surface area contributed by atoms with E-state index in [0.717, 1.165) is 19.3 Å². The Labute approximate surface area is 78.6 Å². The Morgan fingerprint density at radius 1 is 1.62 bits per heavy atom. The summed E-state index contributed by atoms with van der Waals surface area (Å²) in [5.41, 5.74) is 10.6. The second kappa shape index (κ2) is 4.07. The number of carbonyl (C=O) groups is 1. The predicted octanol–water partition coefficient (Wildman–Crippen LogP) is 0.148. The van der Waals surface area contributed by atoms with Crippen LogP contribution < -0.4 is 11.5 Å². The molecule has 4 nitrogen and oxygen atoms in total. The first-order chi connectivity index (χ1) is 6.09. The van der Waals surface area contributed by atoms with Crippen molar-refractivity contribution in [2.75, 3.05) is 7.11 Å². The van der Waals surface area contributed by atoms with E-state index in [1.165, 1.54) is 6.42 Å². The first-order valence-electron chi connectivity index (χ1n) is 4.70. The number of primary amides is 1. The van der Waals surface area contributed by atoms with Crippen LogP contribution in [0.4, 0.5) is 0 Å². The first kappa shape index (κ1) is 10.5. The molecule has 0 aromatic rings. The van der Waals surface area contributed by atoms with Gasteiger partial charge >= 0.3 is 0 Å². The molecule has 1 atom stereocenters. The maximum absolute atomic E-state index is 10.7. The minimum Gasteiger partial charge on any atom is -0.378 e. The summed E-state index contributed by atoms with van der Waals surface area (Å²) in [6, 6.07) is -0.521. The normalized spacial score (nSPS) is 22.0. The van der Waals surface area contributed by atoms with Gasteiger partial charge in [-0.25, -0.2) is 0 Å². The number of rotatable bonds is 5. The Bertz CT molecular complexity index is 185. The predicted molar refractivity (Wildman–Crippen MR) is 50.0 cm³/mol. The summed E-state index contributed by atoms with van der Waals surface area (Å²) in [6.07, 6.45) is 4.83. The fraction of sp³-hybridized carbons (Fsp3) is 0.889. The van der Waals surface area contributed by atoms with Gasteiger partial charge in [-0.15, -0.1) is 0 Å². The van der Waals surface area contributed by atoms with Gasteiger partial charge in [-0.05, 0) is 32.1 Å². The fourth-order valence-corrected chi connectivity index (χ4v) is 1.69. The van der Waals surface area contributed by atoms with Gasteiger partial charge in [0.05, 0.1) is 11.6 Å². The van der Waals surface area contributed by atoms with Crippen LogP contribution in [0.5, 0.6) is 0 Å². The third-order valence-corrected chi connectivity index (χ3v) is 2.97. The number of amides is 1. The Kier molecular flexibility index (Phi) is 3.27. The van der Waals surface area contributed by atoms with Crippen LogP contribution in [0.2, 0.25) is 0 Å². The third kappa shape index (κ3) is 2.42. The summed E-state index contributed by atoms with van der Waals surface area (Å²) in [7, 11) is 1.72. The molecule has 1 unspecified atom stereocenters. The average molecular weight is 186 g/mol. The van der Waals surface area contributed by atoms with Crippen LogP contribution in [-0.2, 0) is 9.53 Å². The molecular formula is C9H18N2O2. The van der Waals surface area contributed by atoms with Gasteiger partial charge in [0, 0.05) is 7.11 Å². The van der Waals surface area contributed by atoms with Crippen LogP contribution in [0.3, 0.4) is 0 Å². The van der Waals surface area contributed by atoms with E-state index < -0.39 is 11.9 Å². The molecule has 1 fully saturated rings. The van der Waals surface area contributed by atoms with E-state index in [2.05, 4.69) is 0 Å². The molecule has 13 heavy (non-hydrogen) atoms. The SMILES string of the molecule is COC1(CCC(N)C(N)=O)CCC1. The second-order valence-corrected chi connectivity index (χ2v) is 3.79. The second-order valence-electron chi connectivity index (χ2n) is 3.79. The highest BCUT2D eigenvalue weighted by molar-refractivity contribution is 5.79. The number of carbonyl (C=O) groups excluding carboxylic acids is 1. The molecule has 0 aromatic heterocycles. The lowest BCUT2D eigenvalue weighted by molar-refractivity contribution is -0.120. The topological polar surface area (TPSA) is 78.3 Å². The summed E-state index contributed by atoms with van der Waals surface area (Å²) < 4.78 is 5.40. The molecule has 0 radical (unpaired) electrons. The van der Waals surface area contributed by atoms with E-state index >= 15 is 0 Å². The van der Waals surface area contributed by atoms with Gasteiger partial charge in [0.1, 0.15) is 0 Å². The zero-order valence-corrected chi connectivity index (χ0v) is 8.08. The summed E-state index contributed by atoms with van der Waals surface area (Å²) in [4.78, 5) is 10.7. The third-order valence-electron chi connectivity index (χ3n) is 2.97. The van der Waals surface area contributed by atoms with Gasteiger partial charge in [0.2, 0.25) is 5.91 Å². The number of hydrogen-bond acceptors (Lipinski definition) is 3. The molecule has 0 heterocycles. The number of hydrogen-bond donors (Lipinski definition) is 2. The van der Waals surface area contributed by atoms with E-state index in [0.29, 0.717) is 6.42 Å². The van der Waals surface area contributed by atoms with Gasteiger partial charge in [0.15, 0.2) is 0 Å². The van der Waals surface area contributed by atoms with E-state index in [9.17, 15) is 4.79 Å². The summed E-state index contributed by atoms with van der Waals surface area (Å²) in [5.74, 6) is -0.425. The quantitative estimate of drug-likeness (QED) is 0.641. The molecule has 0 aliphatic heterocycles. The lowest BCUT2D eigenvalue weighted by Gasteiger charge is -2.41. The Hall–Kier alpha value is -0.610. The molecule has 0 spiro atoms. The number of methoxy groups -OCH3 is 1. The monoisotopic (exact) mass is 186 g/mol. The summed E-state index contributed by atoms with van der Waals surface area (Å²) in [5, 5.41) is 0. The summed E-state index contributed by atoms with van der Waals surface area (Å²) >= 11 is 0. The highest BCUT2D eigenvalue weighted by Gasteiger charge is 2.36. The van der Waals surface area contributed by atoms with E-state index in [-0.39, 0.29) is 5.60 Å². The van der Waals surface area contributed by atoms with Gasteiger partial charge < -0.3 is 16.2 Å². The van der Waals surface area contributed by atoms with Crippen molar-refractivity contribution in [3.63, 3.8) is 0 Å². The van der Waals surface area contributed by atoms with Crippen LogP contribution in [0, 0.1) is 0 Å². The van der Waals surface area contributed by atoms with Crippen LogP contribution in [-0.4, -0.2) is 24.7 Å². The van der Waals surface area contributed by atoms with Crippen molar-refractivity contribution in [3.05, 3.63) is 0 Å². The number of nitrogens with two attached hydrogens (primary N) is 2. The minimum atomic E-state index is -0.521. The van der Waals surface area contributed by atoms with Crippen LogP contribution >= 0.6 is 0 Å². The van der Waals surface area contributed by atoms with Crippen molar-refractivity contribution in [2.24, 2.45) is 11.5 Å². The van der Waals surface area contributed by atoms with Gasteiger partial charge in [-0.3, -0.25) is 4.79 Å². The highest BCUT2D eigenvalue weighted by atomic mass is 16.5.